The van der Waals surface area contributed by atoms with Gasteiger partial charge >= 0.3 is 6.18 Å². The van der Waals surface area contributed by atoms with E-state index in [1.165, 1.54) is 0 Å². The first-order valence-corrected chi connectivity index (χ1v) is 8.82. The molecule has 2 aliphatic carbocycles. The molecule has 1 heterocycles. The summed E-state index contributed by atoms with van der Waals surface area (Å²) in [6.45, 7) is 2.26. The van der Waals surface area contributed by atoms with Gasteiger partial charge in [0.25, 0.3) is 0 Å². The van der Waals surface area contributed by atoms with E-state index in [9.17, 15) is 13.2 Å². The van der Waals surface area contributed by atoms with Gasteiger partial charge in [-0.1, -0.05) is 0 Å². The van der Waals surface area contributed by atoms with Crippen molar-refractivity contribution in [2.24, 2.45) is 18.0 Å². The molecular weight excluding hydrogens is 460 g/mol. The van der Waals surface area contributed by atoms with E-state index in [1.54, 1.807) is 0 Å². The summed E-state index contributed by atoms with van der Waals surface area (Å²) >= 11 is 0. The minimum atomic E-state index is -4.07. The molecule has 1 aromatic rings. The molecule has 0 atom stereocenters. The Morgan fingerprint density at radius 3 is 2.04 bits per heavy atom. The van der Waals surface area contributed by atoms with Crippen LogP contribution in [-0.2, 0) is 13.6 Å². The molecule has 26 heavy (non-hydrogen) atoms. The predicted octanol–water partition coefficient (Wildman–Crippen LogP) is 3.06. The summed E-state index contributed by atoms with van der Waals surface area (Å²) in [5, 5.41) is 14.7. The van der Waals surface area contributed by atoms with Crippen molar-refractivity contribution in [1.29, 1.82) is 0 Å². The maximum absolute atomic E-state index is 12.8. The van der Waals surface area contributed by atoms with Crippen LogP contribution in [0, 0.1) is 12.8 Å². The molecule has 148 valence electrons. The molecule has 3 rings (SSSR count). The van der Waals surface area contributed by atoms with E-state index < -0.39 is 12.1 Å². The lowest BCUT2D eigenvalue weighted by atomic mass is 9.85. The van der Waals surface area contributed by atoms with Gasteiger partial charge in [0.15, 0.2) is 11.8 Å². The zero-order chi connectivity index (χ0) is 18.0. The largest absolute Gasteiger partial charge is 0.391 e. The van der Waals surface area contributed by atoms with Gasteiger partial charge < -0.3 is 15.2 Å². The van der Waals surface area contributed by atoms with Crippen LogP contribution in [0.5, 0.6) is 0 Å². The third-order valence-corrected chi connectivity index (χ3v) is 5.01. The van der Waals surface area contributed by atoms with Crippen molar-refractivity contribution in [2.45, 2.75) is 70.3 Å². The van der Waals surface area contributed by atoms with Crippen LogP contribution in [0.25, 0.3) is 0 Å². The quantitative estimate of drug-likeness (QED) is 0.390. The second-order valence-corrected chi connectivity index (χ2v) is 7.04. The first kappa shape index (κ1) is 21.2. The Bertz CT molecular complexity index is 618. The maximum Gasteiger partial charge on any atom is 0.391 e. The smallest absolute Gasteiger partial charge is 0.354 e. The number of aromatic nitrogens is 3. The van der Waals surface area contributed by atoms with E-state index in [-0.39, 0.29) is 42.9 Å². The predicted molar refractivity (Wildman–Crippen MR) is 103 cm³/mol. The van der Waals surface area contributed by atoms with Crippen LogP contribution in [0.4, 0.5) is 13.2 Å². The molecule has 2 saturated carbocycles. The Hall–Kier alpha value is -1.07. The lowest BCUT2D eigenvalue weighted by molar-refractivity contribution is -0.182. The number of rotatable bonds is 4. The van der Waals surface area contributed by atoms with Gasteiger partial charge in [0, 0.05) is 19.1 Å². The van der Waals surface area contributed by atoms with Crippen LogP contribution >= 0.6 is 24.0 Å². The molecule has 10 heteroatoms. The molecule has 0 saturated heterocycles. The highest BCUT2D eigenvalue weighted by atomic mass is 127. The first-order chi connectivity index (χ1) is 11.8. The number of hydrogen-bond donors (Lipinski definition) is 2. The molecule has 6 nitrogen and oxygen atoms in total. The molecule has 2 fully saturated rings. The number of nitrogens with one attached hydrogen (secondary N) is 2. The highest BCUT2D eigenvalue weighted by molar-refractivity contribution is 14.0. The molecule has 1 aromatic heterocycles. The fraction of sp³-hybridized carbons (Fsp3) is 0.812. The first-order valence-electron chi connectivity index (χ1n) is 8.82. The van der Waals surface area contributed by atoms with Gasteiger partial charge in [0.1, 0.15) is 12.4 Å². The highest BCUT2D eigenvalue weighted by Crippen LogP contribution is 2.37. The average Bonchev–Trinajstić information content (AvgIpc) is 3.31. The third-order valence-electron chi connectivity index (χ3n) is 5.01. The van der Waals surface area contributed by atoms with Gasteiger partial charge in [-0.05, 0) is 45.4 Å². The third kappa shape index (κ3) is 5.71. The lowest BCUT2D eigenvalue weighted by Gasteiger charge is -2.31. The van der Waals surface area contributed by atoms with Crippen molar-refractivity contribution in [2.75, 3.05) is 0 Å². The molecule has 0 amide bonds. The number of aryl methyl sites for hydroxylation is 1. The maximum atomic E-state index is 12.8. The molecule has 2 N–H and O–H groups in total. The van der Waals surface area contributed by atoms with Gasteiger partial charge in [0.2, 0.25) is 0 Å². The van der Waals surface area contributed by atoms with Crippen LogP contribution in [0.3, 0.4) is 0 Å². The van der Waals surface area contributed by atoms with E-state index in [2.05, 4.69) is 25.8 Å². The monoisotopic (exact) mass is 486 g/mol. The van der Waals surface area contributed by atoms with Crippen molar-refractivity contribution in [3.63, 3.8) is 0 Å². The molecule has 0 aliphatic heterocycles. The van der Waals surface area contributed by atoms with E-state index in [0.717, 1.165) is 24.5 Å². The highest BCUT2D eigenvalue weighted by Gasteiger charge is 2.41. The molecular formula is C16H26F3IN6. The lowest BCUT2D eigenvalue weighted by Crippen LogP contribution is -2.46. The van der Waals surface area contributed by atoms with Crippen molar-refractivity contribution in [1.82, 2.24) is 25.4 Å². The Balaban J connectivity index is 0.00000243. The molecule has 0 aromatic carbocycles. The molecule has 2 aliphatic rings. The van der Waals surface area contributed by atoms with Gasteiger partial charge in [-0.3, -0.25) is 0 Å². The second kappa shape index (κ2) is 8.75. The molecule has 0 bridgehead atoms. The van der Waals surface area contributed by atoms with Gasteiger partial charge in [-0.15, -0.1) is 34.2 Å². The van der Waals surface area contributed by atoms with Crippen molar-refractivity contribution in [3.8, 4) is 0 Å². The Morgan fingerprint density at radius 2 is 1.62 bits per heavy atom. The molecule has 0 spiro atoms. The Labute approximate surface area is 168 Å². The second-order valence-electron chi connectivity index (χ2n) is 7.04. The van der Waals surface area contributed by atoms with Crippen molar-refractivity contribution < 1.29 is 13.2 Å². The summed E-state index contributed by atoms with van der Waals surface area (Å²) in [4.78, 5) is 4.56. The normalized spacial score (nSPS) is 24.1. The van der Waals surface area contributed by atoms with Crippen LogP contribution < -0.4 is 10.6 Å². The minimum absolute atomic E-state index is 0. The SMILES string of the molecule is Cc1nnc(CN=C(NC2CC2)NC2CCC(C(F)(F)F)CC2)n1C.I. The fourth-order valence-corrected chi connectivity index (χ4v) is 3.05. The standard InChI is InChI=1S/C16H25F3N6.HI/c1-10-23-24-14(25(10)2)9-20-15(22-13-7-8-13)21-12-5-3-11(4-6-12)16(17,18)19;/h11-13H,3-9H2,1-2H3,(H2,20,21,22);1H. The Kier molecular flexibility index (Phi) is 7.14. The topological polar surface area (TPSA) is 67.1 Å². The van der Waals surface area contributed by atoms with E-state index in [1.807, 2.05) is 18.5 Å². The van der Waals surface area contributed by atoms with Crippen molar-refractivity contribution in [3.05, 3.63) is 11.6 Å². The summed E-state index contributed by atoms with van der Waals surface area (Å²) in [7, 11) is 1.89. The average molecular weight is 486 g/mol. The number of nitrogens with zero attached hydrogens (tertiary/aromatic N) is 4. The van der Waals surface area contributed by atoms with Crippen LogP contribution in [0.1, 0.15) is 50.2 Å². The Morgan fingerprint density at radius 1 is 1.08 bits per heavy atom. The molecule has 0 radical (unpaired) electrons. The molecule has 0 unspecified atom stereocenters. The zero-order valence-electron chi connectivity index (χ0n) is 15.0. The number of guanidine groups is 1. The van der Waals surface area contributed by atoms with Crippen LogP contribution in [0.2, 0.25) is 0 Å². The van der Waals surface area contributed by atoms with Crippen molar-refractivity contribution >= 4 is 29.9 Å². The number of alkyl halides is 3. The van der Waals surface area contributed by atoms with E-state index >= 15 is 0 Å². The van der Waals surface area contributed by atoms with Gasteiger partial charge in [0.05, 0.1) is 5.92 Å². The summed E-state index contributed by atoms with van der Waals surface area (Å²) in [5.74, 6) is 1.08. The fourth-order valence-electron chi connectivity index (χ4n) is 3.05. The minimum Gasteiger partial charge on any atom is -0.354 e. The zero-order valence-corrected chi connectivity index (χ0v) is 17.3. The number of halogens is 4. The summed E-state index contributed by atoms with van der Waals surface area (Å²) < 4.78 is 40.2. The van der Waals surface area contributed by atoms with Crippen LogP contribution in [-0.4, -0.2) is 39.0 Å². The summed E-state index contributed by atoms with van der Waals surface area (Å²) in [5.41, 5.74) is 0. The summed E-state index contributed by atoms with van der Waals surface area (Å²) in [6.07, 6.45) is -0.482. The van der Waals surface area contributed by atoms with Gasteiger partial charge in [-0.2, -0.15) is 13.2 Å². The number of hydrogen-bond acceptors (Lipinski definition) is 3. The van der Waals surface area contributed by atoms with Crippen LogP contribution in [0.15, 0.2) is 4.99 Å². The summed E-state index contributed by atoms with van der Waals surface area (Å²) in [6, 6.07) is 0.448. The van der Waals surface area contributed by atoms with Gasteiger partial charge in [-0.25, -0.2) is 4.99 Å². The van der Waals surface area contributed by atoms with E-state index in [4.69, 9.17) is 0 Å². The number of aliphatic imine (C=N–C) groups is 1. The van der Waals surface area contributed by atoms with E-state index in [0.29, 0.717) is 31.4 Å².